The van der Waals surface area contributed by atoms with Crippen molar-refractivity contribution in [2.24, 2.45) is 0 Å². The Balaban J connectivity index is 1.39. The number of urea groups is 1. The van der Waals surface area contributed by atoms with Crippen molar-refractivity contribution in [3.8, 4) is 22.1 Å². The minimum absolute atomic E-state index is 0.0752. The third-order valence-electron chi connectivity index (χ3n) is 5.37. The summed E-state index contributed by atoms with van der Waals surface area (Å²) in [5, 5.41) is 5.99. The molecule has 2 aromatic carbocycles. The van der Waals surface area contributed by atoms with E-state index in [0.29, 0.717) is 41.0 Å². The third-order valence-corrected chi connectivity index (χ3v) is 6.62. The number of hydrogen-bond acceptors (Lipinski definition) is 6. The van der Waals surface area contributed by atoms with Gasteiger partial charge in [-0.15, -0.1) is 11.3 Å². The van der Waals surface area contributed by atoms with E-state index in [4.69, 9.17) is 21.1 Å². The molecule has 1 aromatic heterocycles. The Morgan fingerprint density at radius 3 is 2.74 bits per heavy atom. The first-order valence-electron chi connectivity index (χ1n) is 9.69. The molecule has 1 unspecified atom stereocenters. The summed E-state index contributed by atoms with van der Waals surface area (Å²) >= 11 is 7.68. The Labute approximate surface area is 187 Å². The van der Waals surface area contributed by atoms with Gasteiger partial charge in [-0.1, -0.05) is 35.9 Å². The number of aromatic nitrogens is 1. The van der Waals surface area contributed by atoms with Gasteiger partial charge in [0.05, 0.1) is 17.3 Å². The highest BCUT2D eigenvalue weighted by molar-refractivity contribution is 7.13. The smallest absolute Gasteiger partial charge is 0.325 e. The van der Waals surface area contributed by atoms with Gasteiger partial charge in [0.25, 0.3) is 5.91 Å². The van der Waals surface area contributed by atoms with Crippen molar-refractivity contribution in [1.82, 2.24) is 15.2 Å². The molecule has 1 fully saturated rings. The predicted octanol–water partition coefficient (Wildman–Crippen LogP) is 4.20. The van der Waals surface area contributed by atoms with Crippen LogP contribution >= 0.6 is 22.9 Å². The monoisotopic (exact) mass is 455 g/mol. The minimum Gasteiger partial charge on any atom is -0.486 e. The van der Waals surface area contributed by atoms with Crippen molar-refractivity contribution in [2.45, 2.75) is 19.0 Å². The lowest BCUT2D eigenvalue weighted by Gasteiger charge is -2.25. The van der Waals surface area contributed by atoms with Crippen LogP contribution in [-0.2, 0) is 16.9 Å². The number of halogens is 1. The fourth-order valence-electron chi connectivity index (χ4n) is 3.69. The van der Waals surface area contributed by atoms with Gasteiger partial charge in [0.2, 0.25) is 0 Å². The molecule has 158 valence electrons. The summed E-state index contributed by atoms with van der Waals surface area (Å²) in [7, 11) is 0. The van der Waals surface area contributed by atoms with Gasteiger partial charge in [0, 0.05) is 10.9 Å². The van der Waals surface area contributed by atoms with Crippen LogP contribution < -0.4 is 14.8 Å². The van der Waals surface area contributed by atoms with Crippen LogP contribution in [0.5, 0.6) is 11.5 Å². The van der Waals surface area contributed by atoms with Crippen LogP contribution in [0.1, 0.15) is 18.2 Å². The molecule has 0 aliphatic carbocycles. The number of hydrogen-bond donors (Lipinski definition) is 1. The van der Waals surface area contributed by atoms with Gasteiger partial charge in [-0.3, -0.25) is 9.69 Å². The quantitative estimate of drug-likeness (QED) is 0.596. The highest BCUT2D eigenvalue weighted by atomic mass is 35.5. The van der Waals surface area contributed by atoms with Crippen LogP contribution in [0.25, 0.3) is 10.6 Å². The Hall–Kier alpha value is -3.10. The van der Waals surface area contributed by atoms with E-state index >= 15 is 0 Å². The lowest BCUT2D eigenvalue weighted by Crippen LogP contribution is -2.41. The van der Waals surface area contributed by atoms with Crippen LogP contribution in [0.4, 0.5) is 4.79 Å². The molecule has 0 radical (unpaired) electrons. The number of imide groups is 1. The maximum Gasteiger partial charge on any atom is 0.325 e. The number of thiazole rings is 1. The predicted molar refractivity (Wildman–Crippen MR) is 116 cm³/mol. The van der Waals surface area contributed by atoms with E-state index < -0.39 is 11.6 Å². The first-order chi connectivity index (χ1) is 15.0. The van der Waals surface area contributed by atoms with E-state index in [0.717, 1.165) is 10.6 Å². The SMILES string of the molecule is CC1(c2ccc3c(c2)OCCO3)NC(=O)N(Cc2csc(-c3ccccc3Cl)n2)C1=O. The molecule has 5 rings (SSSR count). The fraction of sp³-hybridized carbons (Fsp3) is 0.227. The van der Waals surface area contributed by atoms with Gasteiger partial charge in [0.1, 0.15) is 23.8 Å². The van der Waals surface area contributed by atoms with E-state index in [1.165, 1.54) is 16.2 Å². The summed E-state index contributed by atoms with van der Waals surface area (Å²) in [5.41, 5.74) is 0.871. The highest BCUT2D eigenvalue weighted by Crippen LogP contribution is 2.37. The molecule has 9 heteroatoms. The molecular weight excluding hydrogens is 438 g/mol. The lowest BCUT2D eigenvalue weighted by molar-refractivity contribution is -0.131. The second kappa shape index (κ2) is 7.55. The van der Waals surface area contributed by atoms with Crippen molar-refractivity contribution in [3.05, 3.63) is 64.1 Å². The van der Waals surface area contributed by atoms with Crippen LogP contribution in [-0.4, -0.2) is 35.0 Å². The number of amides is 3. The molecule has 1 atom stereocenters. The molecule has 2 aliphatic rings. The average molecular weight is 456 g/mol. The first-order valence-corrected chi connectivity index (χ1v) is 10.9. The topological polar surface area (TPSA) is 80.8 Å². The molecule has 2 aliphatic heterocycles. The van der Waals surface area contributed by atoms with E-state index in [1.54, 1.807) is 31.2 Å². The summed E-state index contributed by atoms with van der Waals surface area (Å²) in [6.45, 7) is 2.69. The minimum atomic E-state index is -1.20. The number of benzene rings is 2. The Morgan fingerprint density at radius 1 is 1.16 bits per heavy atom. The molecule has 31 heavy (non-hydrogen) atoms. The maximum atomic E-state index is 13.3. The number of nitrogens with one attached hydrogen (secondary N) is 1. The van der Waals surface area contributed by atoms with Gasteiger partial charge < -0.3 is 14.8 Å². The van der Waals surface area contributed by atoms with Gasteiger partial charge >= 0.3 is 6.03 Å². The summed E-state index contributed by atoms with van der Waals surface area (Å²) in [6, 6.07) is 12.2. The third kappa shape index (κ3) is 3.41. The second-order valence-corrected chi connectivity index (χ2v) is 8.69. The number of nitrogens with zero attached hydrogens (tertiary/aromatic N) is 2. The van der Waals surface area contributed by atoms with E-state index in [1.807, 2.05) is 23.6 Å². The standard InChI is InChI=1S/C22H18ClN3O4S/c1-22(13-6-7-17-18(10-13)30-9-8-29-17)20(27)26(21(28)25-22)11-14-12-31-19(24-14)15-4-2-3-5-16(15)23/h2-7,10,12H,8-9,11H2,1H3,(H,25,28). The highest BCUT2D eigenvalue weighted by Gasteiger charge is 2.49. The van der Waals surface area contributed by atoms with Gasteiger partial charge in [-0.25, -0.2) is 9.78 Å². The zero-order valence-electron chi connectivity index (χ0n) is 16.6. The molecular formula is C22H18ClN3O4S. The lowest BCUT2D eigenvalue weighted by atomic mass is 9.91. The van der Waals surface area contributed by atoms with Crippen LogP contribution in [0.3, 0.4) is 0 Å². The van der Waals surface area contributed by atoms with Gasteiger partial charge in [-0.2, -0.15) is 0 Å². The van der Waals surface area contributed by atoms with Crippen molar-refractivity contribution in [3.63, 3.8) is 0 Å². The average Bonchev–Trinajstić information content (AvgIpc) is 3.33. The summed E-state index contributed by atoms with van der Waals surface area (Å²) < 4.78 is 11.2. The zero-order valence-corrected chi connectivity index (χ0v) is 18.1. The Kier molecular flexibility index (Phi) is 4.83. The zero-order chi connectivity index (χ0) is 21.6. The molecule has 3 heterocycles. The van der Waals surface area contributed by atoms with Crippen molar-refractivity contribution in [1.29, 1.82) is 0 Å². The molecule has 1 saturated heterocycles. The Bertz CT molecular complexity index is 1200. The van der Waals surface area contributed by atoms with E-state index in [9.17, 15) is 9.59 Å². The molecule has 3 amide bonds. The van der Waals surface area contributed by atoms with Gasteiger partial charge in [0.15, 0.2) is 11.5 Å². The normalized spacial score (nSPS) is 20.1. The second-order valence-electron chi connectivity index (χ2n) is 7.43. The van der Waals surface area contributed by atoms with E-state index in [2.05, 4.69) is 10.3 Å². The molecule has 0 spiro atoms. The van der Waals surface area contributed by atoms with E-state index in [-0.39, 0.29) is 12.5 Å². The van der Waals surface area contributed by atoms with Crippen molar-refractivity contribution >= 4 is 34.9 Å². The van der Waals surface area contributed by atoms with Crippen LogP contribution in [0, 0.1) is 0 Å². The molecule has 0 bridgehead atoms. The summed E-state index contributed by atoms with van der Waals surface area (Å²) in [4.78, 5) is 31.7. The number of fused-ring (bicyclic) bond motifs is 1. The summed E-state index contributed by atoms with van der Waals surface area (Å²) in [6.07, 6.45) is 0. The van der Waals surface area contributed by atoms with Crippen LogP contribution in [0.15, 0.2) is 47.8 Å². The van der Waals surface area contributed by atoms with Crippen molar-refractivity contribution in [2.75, 3.05) is 13.2 Å². The molecule has 3 aromatic rings. The maximum absolute atomic E-state index is 13.3. The largest absolute Gasteiger partial charge is 0.486 e. The first kappa shape index (κ1) is 19.8. The molecule has 7 nitrogen and oxygen atoms in total. The van der Waals surface area contributed by atoms with Gasteiger partial charge in [-0.05, 0) is 30.7 Å². The van der Waals surface area contributed by atoms with Crippen molar-refractivity contribution < 1.29 is 19.1 Å². The number of rotatable bonds is 4. The van der Waals surface area contributed by atoms with Crippen LogP contribution in [0.2, 0.25) is 5.02 Å². The number of carbonyl (C=O) groups is 2. The number of carbonyl (C=O) groups excluding carboxylic acids is 2. The molecule has 0 saturated carbocycles. The number of ether oxygens (including phenoxy) is 2. The fourth-order valence-corrected chi connectivity index (χ4v) is 4.82. The summed E-state index contributed by atoms with van der Waals surface area (Å²) in [5.74, 6) is 0.845. The Morgan fingerprint density at radius 2 is 1.94 bits per heavy atom. The molecule has 1 N–H and O–H groups in total.